The number of thiazole rings is 1. The molecular formula is C38H43N7O5S2. The Morgan fingerprint density at radius 2 is 1.58 bits per heavy atom. The molecule has 0 spiro atoms. The van der Waals surface area contributed by atoms with Crippen molar-refractivity contribution in [2.45, 2.75) is 88.8 Å². The van der Waals surface area contributed by atoms with Crippen molar-refractivity contribution in [3.05, 3.63) is 87.9 Å². The van der Waals surface area contributed by atoms with Crippen molar-refractivity contribution in [1.82, 2.24) is 25.8 Å². The molecule has 0 radical (unpaired) electrons. The Balaban J connectivity index is 1.26. The van der Waals surface area contributed by atoms with Crippen molar-refractivity contribution in [1.29, 1.82) is 0 Å². The minimum atomic E-state index is -0.897. The van der Waals surface area contributed by atoms with Crippen LogP contribution in [0.5, 0.6) is 0 Å². The molecule has 4 aliphatic heterocycles. The van der Waals surface area contributed by atoms with Gasteiger partial charge in [-0.15, -0.1) is 23.1 Å². The monoisotopic (exact) mass is 741 g/mol. The SMILES string of the molecule is CC(C)C1NC(=O)[C@H]2N=C(O[C@@H]2C)C2CCCN2C(=O)[C@H](Cc2ccccc2)NC(=O)c2csc(n2)[C@H](Cc2ccccc2)NC(=O)[C@@H]2CSC1=N2. The number of carbonyl (C=O) groups is 4. The van der Waals surface area contributed by atoms with Gasteiger partial charge >= 0.3 is 0 Å². The summed E-state index contributed by atoms with van der Waals surface area (Å²) in [5, 5.41) is 12.2. The molecule has 6 bridgehead atoms. The molecule has 272 valence electrons. The lowest BCUT2D eigenvalue weighted by molar-refractivity contribution is -0.133. The third-order valence-corrected chi connectivity index (χ3v) is 11.9. The normalized spacial score (nSPS) is 28.2. The van der Waals surface area contributed by atoms with Gasteiger partial charge in [-0.2, -0.15) is 0 Å². The number of benzene rings is 2. The molecule has 1 aromatic heterocycles. The quantitative estimate of drug-likeness (QED) is 0.360. The van der Waals surface area contributed by atoms with Crippen molar-refractivity contribution in [3.63, 3.8) is 0 Å². The third kappa shape index (κ3) is 7.77. The van der Waals surface area contributed by atoms with E-state index in [1.807, 2.05) is 74.5 Å². The average Bonchev–Trinajstić information content (AvgIpc) is 3.97. The minimum Gasteiger partial charge on any atom is -0.474 e. The molecule has 4 aliphatic rings. The van der Waals surface area contributed by atoms with Crippen LogP contribution in [0.2, 0.25) is 0 Å². The minimum absolute atomic E-state index is 0.00574. The second-order valence-corrected chi connectivity index (χ2v) is 15.9. The van der Waals surface area contributed by atoms with Gasteiger partial charge in [-0.1, -0.05) is 74.5 Å². The van der Waals surface area contributed by atoms with Gasteiger partial charge in [0, 0.05) is 24.1 Å². The molecule has 1 fully saturated rings. The van der Waals surface area contributed by atoms with E-state index in [0.717, 1.165) is 17.5 Å². The van der Waals surface area contributed by atoms with Gasteiger partial charge in [-0.3, -0.25) is 24.2 Å². The number of thioether (sulfide) groups is 1. The predicted octanol–water partition coefficient (Wildman–Crippen LogP) is 3.73. The maximum absolute atomic E-state index is 14.4. The van der Waals surface area contributed by atoms with Crippen LogP contribution in [-0.4, -0.2) is 93.1 Å². The number of rotatable bonds is 5. The Labute approximate surface area is 311 Å². The number of aliphatic imine (C=N–C) groups is 2. The summed E-state index contributed by atoms with van der Waals surface area (Å²) in [6.07, 6.45) is 1.53. The van der Waals surface area contributed by atoms with Crippen LogP contribution in [0.3, 0.4) is 0 Å². The predicted molar refractivity (Wildman–Crippen MR) is 201 cm³/mol. The molecule has 5 heterocycles. The zero-order valence-electron chi connectivity index (χ0n) is 29.4. The number of hydrogen-bond acceptors (Lipinski definition) is 10. The average molecular weight is 742 g/mol. The van der Waals surface area contributed by atoms with Gasteiger partial charge in [0.25, 0.3) is 5.91 Å². The molecule has 0 aliphatic carbocycles. The van der Waals surface area contributed by atoms with E-state index < -0.39 is 48.3 Å². The maximum Gasteiger partial charge on any atom is 0.271 e. The van der Waals surface area contributed by atoms with E-state index in [-0.39, 0.29) is 35.8 Å². The fourth-order valence-corrected chi connectivity index (χ4v) is 9.17. The van der Waals surface area contributed by atoms with Gasteiger partial charge in [0.05, 0.1) is 17.1 Å². The van der Waals surface area contributed by atoms with Crippen LogP contribution >= 0.6 is 23.1 Å². The number of amides is 4. The van der Waals surface area contributed by atoms with Crippen LogP contribution in [0.4, 0.5) is 0 Å². The standard InChI is InChI=1S/C38H43N7O5S2/c1-21(2)30-37-42-28(20-52-37)32(46)39-25(17-23-11-6-4-7-12-23)36-41-27(19-51-36)33(47)40-26(18-24-13-8-5-9-14-24)38(49)45-16-10-15-29(45)35-44-31(22(3)50-35)34(48)43-30/h4-9,11-14,19,21-22,25-26,28-31H,10,15-18,20H2,1-3H3,(H,39,46)(H,40,47)(H,43,48)/t22-,25+,26+,28+,29?,30?,31+/m1/s1. The highest BCUT2D eigenvalue weighted by Gasteiger charge is 2.44. The molecule has 3 aromatic rings. The molecule has 4 amide bonds. The van der Waals surface area contributed by atoms with Crippen LogP contribution in [0.25, 0.3) is 0 Å². The number of carbonyl (C=O) groups excluding carboxylic acids is 4. The van der Waals surface area contributed by atoms with E-state index in [1.54, 1.807) is 17.2 Å². The van der Waals surface area contributed by atoms with Crippen LogP contribution in [-0.2, 0) is 32.0 Å². The van der Waals surface area contributed by atoms with E-state index >= 15 is 0 Å². The Bertz CT molecular complexity index is 1870. The Morgan fingerprint density at radius 1 is 0.885 bits per heavy atom. The Hall–Kier alpha value is -4.56. The summed E-state index contributed by atoms with van der Waals surface area (Å²) in [6, 6.07) is 15.6. The number of aromatic nitrogens is 1. The largest absolute Gasteiger partial charge is 0.474 e. The molecule has 7 rings (SSSR count). The van der Waals surface area contributed by atoms with Gasteiger partial charge in [-0.25, -0.2) is 9.98 Å². The first-order valence-electron chi connectivity index (χ1n) is 17.8. The van der Waals surface area contributed by atoms with Crippen molar-refractivity contribution < 1.29 is 23.9 Å². The lowest BCUT2D eigenvalue weighted by atomic mass is 10.0. The fourth-order valence-electron chi connectivity index (χ4n) is 7.05. The molecular weight excluding hydrogens is 699 g/mol. The molecule has 52 heavy (non-hydrogen) atoms. The summed E-state index contributed by atoms with van der Waals surface area (Å²) in [6.45, 7) is 6.28. The van der Waals surface area contributed by atoms with E-state index in [2.05, 4.69) is 16.0 Å². The van der Waals surface area contributed by atoms with Crippen molar-refractivity contribution >= 4 is 57.7 Å². The summed E-state index contributed by atoms with van der Waals surface area (Å²) < 4.78 is 6.20. The van der Waals surface area contributed by atoms with Crippen LogP contribution < -0.4 is 16.0 Å². The topological polar surface area (TPSA) is 154 Å². The number of fused-ring (bicyclic) bond motifs is 6. The van der Waals surface area contributed by atoms with Crippen molar-refractivity contribution in [3.8, 4) is 0 Å². The van der Waals surface area contributed by atoms with E-state index in [4.69, 9.17) is 19.7 Å². The molecule has 12 nitrogen and oxygen atoms in total. The van der Waals surface area contributed by atoms with E-state index in [0.29, 0.717) is 41.1 Å². The third-order valence-electron chi connectivity index (χ3n) is 9.85. The number of nitrogens with one attached hydrogen (secondary N) is 3. The van der Waals surface area contributed by atoms with Crippen molar-refractivity contribution in [2.24, 2.45) is 15.9 Å². The summed E-state index contributed by atoms with van der Waals surface area (Å²) in [4.78, 5) is 71.9. The maximum atomic E-state index is 14.4. The van der Waals surface area contributed by atoms with E-state index in [1.165, 1.54) is 23.1 Å². The zero-order valence-corrected chi connectivity index (χ0v) is 31.0. The lowest BCUT2D eigenvalue weighted by Gasteiger charge is -2.29. The fraction of sp³-hybridized carbons (Fsp3) is 0.447. The number of ether oxygens (including phenoxy) is 1. The van der Waals surface area contributed by atoms with Gasteiger partial charge in [0.2, 0.25) is 23.6 Å². The van der Waals surface area contributed by atoms with E-state index in [9.17, 15) is 19.2 Å². The van der Waals surface area contributed by atoms with Crippen molar-refractivity contribution in [2.75, 3.05) is 12.3 Å². The molecule has 7 atom stereocenters. The summed E-state index contributed by atoms with van der Waals surface area (Å²) in [7, 11) is 0. The molecule has 2 unspecified atom stereocenters. The first-order chi connectivity index (χ1) is 25.1. The van der Waals surface area contributed by atoms with Gasteiger partial charge in [0.1, 0.15) is 34.9 Å². The zero-order chi connectivity index (χ0) is 36.4. The lowest BCUT2D eigenvalue weighted by Crippen LogP contribution is -2.52. The smallest absolute Gasteiger partial charge is 0.271 e. The highest BCUT2D eigenvalue weighted by Crippen LogP contribution is 2.29. The second kappa shape index (κ2) is 15.6. The number of nitrogens with zero attached hydrogens (tertiary/aromatic N) is 4. The molecule has 1 saturated heterocycles. The first-order valence-corrected chi connectivity index (χ1v) is 19.7. The highest BCUT2D eigenvalue weighted by atomic mass is 32.2. The van der Waals surface area contributed by atoms with Gasteiger partial charge < -0.3 is 25.6 Å². The van der Waals surface area contributed by atoms with Crippen LogP contribution in [0, 0.1) is 5.92 Å². The summed E-state index contributed by atoms with van der Waals surface area (Å²) >= 11 is 2.75. The van der Waals surface area contributed by atoms with Gasteiger partial charge in [-0.05, 0) is 43.2 Å². The van der Waals surface area contributed by atoms with Crippen LogP contribution in [0.1, 0.15) is 66.3 Å². The molecule has 0 saturated carbocycles. The Kier molecular flexibility index (Phi) is 10.7. The summed E-state index contributed by atoms with van der Waals surface area (Å²) in [5.41, 5.74) is 2.06. The molecule has 2 aromatic carbocycles. The molecule has 3 N–H and O–H groups in total. The Morgan fingerprint density at radius 3 is 2.27 bits per heavy atom. The summed E-state index contributed by atoms with van der Waals surface area (Å²) in [5.74, 6) is -0.510. The molecule has 14 heteroatoms. The highest BCUT2D eigenvalue weighted by molar-refractivity contribution is 8.14. The first kappa shape index (κ1) is 35.8. The number of hydrogen-bond donors (Lipinski definition) is 3. The van der Waals surface area contributed by atoms with Crippen LogP contribution in [0.15, 0.2) is 76.0 Å². The second-order valence-electron chi connectivity index (χ2n) is 14.0. The van der Waals surface area contributed by atoms with Gasteiger partial charge in [0.15, 0.2) is 6.04 Å².